The number of benzene rings is 3. The molecule has 0 bridgehead atoms. The van der Waals surface area contributed by atoms with Gasteiger partial charge in [0.05, 0.1) is 10.6 Å². The number of oxazole rings is 1. The third kappa shape index (κ3) is 3.48. The molecule has 0 unspecified atom stereocenters. The lowest BCUT2D eigenvalue weighted by Gasteiger charge is -2.04. The number of fused-ring (bicyclic) bond motifs is 1. The van der Waals surface area contributed by atoms with Crippen LogP contribution in [0.25, 0.3) is 33.7 Å². The summed E-state index contributed by atoms with van der Waals surface area (Å²) in [5, 5.41) is 0.658. The molecule has 1 heterocycles. The summed E-state index contributed by atoms with van der Waals surface area (Å²) in [6.45, 7) is 1.64. The van der Waals surface area contributed by atoms with E-state index in [1.807, 2.05) is 42.5 Å². The zero-order valence-corrected chi connectivity index (χ0v) is 16.1. The molecule has 3 aromatic carbocycles. The highest BCUT2D eigenvalue weighted by Crippen LogP contribution is 2.29. The lowest BCUT2D eigenvalue weighted by Crippen LogP contribution is -2.03. The maximum absolute atomic E-state index is 12.0. The average molecular weight is 398 g/mol. The minimum absolute atomic E-state index is 0.0880. The van der Waals surface area contributed by atoms with Crippen LogP contribution in [0.4, 0.5) is 0 Å². The van der Waals surface area contributed by atoms with Gasteiger partial charge in [0.1, 0.15) is 5.52 Å². The lowest BCUT2D eigenvalue weighted by molar-refractivity contribution is 0.597. The van der Waals surface area contributed by atoms with Crippen molar-refractivity contribution in [3.8, 4) is 22.6 Å². The van der Waals surface area contributed by atoms with Gasteiger partial charge in [0, 0.05) is 10.6 Å². The fourth-order valence-corrected chi connectivity index (χ4v) is 3.85. The van der Waals surface area contributed by atoms with Crippen molar-refractivity contribution in [3.05, 3.63) is 71.8 Å². The maximum Gasteiger partial charge on any atom is 0.227 e. The van der Waals surface area contributed by atoms with E-state index in [2.05, 4.69) is 4.98 Å². The van der Waals surface area contributed by atoms with E-state index in [4.69, 9.17) is 16.0 Å². The first-order valence-corrected chi connectivity index (χ1v) is 10.5. The summed E-state index contributed by atoms with van der Waals surface area (Å²) in [5.41, 5.74) is 4.14. The molecule has 0 saturated heterocycles. The van der Waals surface area contributed by atoms with Gasteiger partial charge in [-0.2, -0.15) is 0 Å². The summed E-state index contributed by atoms with van der Waals surface area (Å²) in [4.78, 5) is 4.90. The molecule has 0 saturated carbocycles. The van der Waals surface area contributed by atoms with E-state index >= 15 is 0 Å². The second-order valence-corrected chi connectivity index (χ2v) is 8.85. The van der Waals surface area contributed by atoms with Gasteiger partial charge in [-0.1, -0.05) is 36.7 Å². The molecular weight excluding hydrogens is 382 g/mol. The third-order valence-electron chi connectivity index (χ3n) is 4.41. The zero-order valence-electron chi connectivity index (χ0n) is 14.5. The molecule has 4 aromatic rings. The zero-order chi connectivity index (χ0) is 19.0. The second kappa shape index (κ2) is 6.83. The quantitative estimate of drug-likeness (QED) is 0.449. The van der Waals surface area contributed by atoms with Crippen LogP contribution in [0, 0.1) is 0 Å². The molecule has 0 aliphatic carbocycles. The summed E-state index contributed by atoms with van der Waals surface area (Å²) >= 11 is 5.93. The van der Waals surface area contributed by atoms with Crippen LogP contribution < -0.4 is 0 Å². The minimum Gasteiger partial charge on any atom is -0.436 e. The molecule has 0 fully saturated rings. The first-order valence-electron chi connectivity index (χ1n) is 8.46. The maximum atomic E-state index is 12.0. The van der Waals surface area contributed by atoms with E-state index in [1.54, 1.807) is 31.2 Å². The van der Waals surface area contributed by atoms with E-state index in [-0.39, 0.29) is 5.75 Å². The molecular formula is C21H16ClNO3S. The smallest absolute Gasteiger partial charge is 0.227 e. The van der Waals surface area contributed by atoms with Crippen LogP contribution in [0.2, 0.25) is 5.02 Å². The van der Waals surface area contributed by atoms with Crippen molar-refractivity contribution in [2.75, 3.05) is 5.75 Å². The number of halogens is 1. The van der Waals surface area contributed by atoms with Crippen LogP contribution >= 0.6 is 11.6 Å². The van der Waals surface area contributed by atoms with Crippen LogP contribution in [-0.2, 0) is 9.84 Å². The van der Waals surface area contributed by atoms with Gasteiger partial charge in [0.2, 0.25) is 5.89 Å². The molecule has 1 aromatic heterocycles. The molecule has 0 radical (unpaired) electrons. The summed E-state index contributed by atoms with van der Waals surface area (Å²) in [5.74, 6) is 0.619. The molecule has 0 amide bonds. The number of aromatic nitrogens is 1. The molecule has 4 nitrogen and oxygen atoms in total. The molecule has 136 valence electrons. The molecule has 0 spiro atoms. The Kier molecular flexibility index (Phi) is 4.50. The second-order valence-electron chi connectivity index (χ2n) is 6.14. The molecule has 0 aliphatic heterocycles. The van der Waals surface area contributed by atoms with Crippen molar-refractivity contribution >= 4 is 32.5 Å². The fourth-order valence-electron chi connectivity index (χ4n) is 2.84. The van der Waals surface area contributed by atoms with Gasteiger partial charge < -0.3 is 4.42 Å². The first kappa shape index (κ1) is 17.8. The molecule has 0 aliphatic rings. The highest BCUT2D eigenvalue weighted by molar-refractivity contribution is 7.91. The molecule has 6 heteroatoms. The lowest BCUT2D eigenvalue weighted by atomic mass is 10.1. The Labute approximate surface area is 162 Å². The van der Waals surface area contributed by atoms with Crippen LogP contribution in [0.5, 0.6) is 0 Å². The van der Waals surface area contributed by atoms with E-state index < -0.39 is 9.84 Å². The number of hydrogen-bond acceptors (Lipinski definition) is 4. The van der Waals surface area contributed by atoms with Gasteiger partial charge in [-0.15, -0.1) is 0 Å². The molecule has 0 atom stereocenters. The Hall–Kier alpha value is -2.63. The third-order valence-corrected chi connectivity index (χ3v) is 6.41. The topological polar surface area (TPSA) is 60.2 Å². The van der Waals surface area contributed by atoms with Crippen molar-refractivity contribution in [1.29, 1.82) is 0 Å². The normalized spacial score (nSPS) is 11.8. The van der Waals surface area contributed by atoms with Crippen LogP contribution in [0.15, 0.2) is 76.0 Å². The first-order chi connectivity index (χ1) is 13.0. The van der Waals surface area contributed by atoms with Crippen molar-refractivity contribution in [1.82, 2.24) is 4.98 Å². The van der Waals surface area contributed by atoms with Crippen molar-refractivity contribution < 1.29 is 12.8 Å². The minimum atomic E-state index is -3.20. The Balaban J connectivity index is 1.70. The monoisotopic (exact) mass is 397 g/mol. The van der Waals surface area contributed by atoms with Gasteiger partial charge in [-0.3, -0.25) is 0 Å². The van der Waals surface area contributed by atoms with Gasteiger partial charge in [-0.05, 0) is 59.7 Å². The van der Waals surface area contributed by atoms with Crippen LogP contribution in [-0.4, -0.2) is 19.2 Å². The Morgan fingerprint density at radius 1 is 0.889 bits per heavy atom. The Morgan fingerprint density at radius 3 is 2.19 bits per heavy atom. The van der Waals surface area contributed by atoms with Gasteiger partial charge >= 0.3 is 0 Å². The van der Waals surface area contributed by atoms with E-state index in [9.17, 15) is 8.42 Å². The fraction of sp³-hybridized carbons (Fsp3) is 0.0952. The Bertz CT molecular complexity index is 1210. The summed E-state index contributed by atoms with van der Waals surface area (Å²) in [6, 6.07) is 19.9. The van der Waals surface area contributed by atoms with E-state index in [0.29, 0.717) is 21.4 Å². The van der Waals surface area contributed by atoms with Crippen LogP contribution in [0.3, 0.4) is 0 Å². The van der Waals surface area contributed by atoms with E-state index in [1.165, 1.54) is 0 Å². The summed E-state index contributed by atoms with van der Waals surface area (Å²) < 4.78 is 29.7. The van der Waals surface area contributed by atoms with Crippen molar-refractivity contribution in [2.24, 2.45) is 0 Å². The van der Waals surface area contributed by atoms with Crippen LogP contribution in [0.1, 0.15) is 6.92 Å². The van der Waals surface area contributed by atoms with E-state index in [0.717, 1.165) is 22.2 Å². The molecule has 27 heavy (non-hydrogen) atoms. The predicted molar refractivity (Wildman–Crippen MR) is 108 cm³/mol. The number of nitrogens with zero attached hydrogens (tertiary/aromatic N) is 1. The largest absolute Gasteiger partial charge is 0.436 e. The molecule has 4 rings (SSSR count). The highest BCUT2D eigenvalue weighted by atomic mass is 35.5. The highest BCUT2D eigenvalue weighted by Gasteiger charge is 2.12. The molecule has 0 N–H and O–H groups in total. The number of rotatable bonds is 4. The van der Waals surface area contributed by atoms with Crippen molar-refractivity contribution in [2.45, 2.75) is 11.8 Å². The Morgan fingerprint density at radius 2 is 1.52 bits per heavy atom. The van der Waals surface area contributed by atoms with Gasteiger partial charge in [0.15, 0.2) is 15.4 Å². The summed E-state index contributed by atoms with van der Waals surface area (Å²) in [6.07, 6.45) is 0. The summed E-state index contributed by atoms with van der Waals surface area (Å²) in [7, 11) is -3.20. The predicted octanol–water partition coefficient (Wildman–Crippen LogP) is 5.61. The van der Waals surface area contributed by atoms with Gasteiger partial charge in [0.25, 0.3) is 0 Å². The number of sulfone groups is 1. The average Bonchev–Trinajstić information content (AvgIpc) is 3.12. The number of hydrogen-bond donors (Lipinski definition) is 0. The van der Waals surface area contributed by atoms with Crippen molar-refractivity contribution in [3.63, 3.8) is 0 Å². The van der Waals surface area contributed by atoms with Gasteiger partial charge in [-0.25, -0.2) is 13.4 Å². The SMILES string of the molecule is CCS(=O)(=O)c1ccc(-c2ccc3oc(-c4ccc(Cl)cc4)nc3c2)cc1. The standard InChI is InChI=1S/C21H16ClNO3S/c1-2-27(24,25)18-10-5-14(6-11-18)16-7-12-20-19(13-16)23-21(26-20)15-3-8-17(22)9-4-15/h3-13H,2H2,1H3.